The molecule has 0 saturated heterocycles. The molecular weight excluding hydrogens is 152 g/mol. The summed E-state index contributed by atoms with van der Waals surface area (Å²) in [6.45, 7) is 3.50. The summed E-state index contributed by atoms with van der Waals surface area (Å²) >= 11 is 0. The van der Waals surface area contributed by atoms with Crippen molar-refractivity contribution < 1.29 is 4.79 Å². The Hall–Kier alpha value is -1.38. The van der Waals surface area contributed by atoms with Crippen LogP contribution in [-0.2, 0) is 6.54 Å². The van der Waals surface area contributed by atoms with E-state index in [9.17, 15) is 4.79 Å². The number of nitrogens with zero attached hydrogens (tertiary/aromatic N) is 2. The molecule has 2 heterocycles. The van der Waals surface area contributed by atoms with Gasteiger partial charge in [0.25, 0.3) is 5.91 Å². The van der Waals surface area contributed by atoms with Crippen LogP contribution < -0.4 is 0 Å². The Labute approximate surface area is 71.0 Å². The maximum Gasteiger partial charge on any atom is 0.256 e. The van der Waals surface area contributed by atoms with Crippen LogP contribution in [0.2, 0.25) is 0 Å². The van der Waals surface area contributed by atoms with Gasteiger partial charge in [-0.1, -0.05) is 0 Å². The molecular formula is C9H10N2O. The van der Waals surface area contributed by atoms with Gasteiger partial charge < -0.3 is 4.90 Å². The van der Waals surface area contributed by atoms with Crippen molar-refractivity contribution in [2.24, 2.45) is 0 Å². The summed E-state index contributed by atoms with van der Waals surface area (Å²) in [7, 11) is 0. The number of aromatic nitrogens is 1. The quantitative estimate of drug-likeness (QED) is 0.618. The van der Waals surface area contributed by atoms with Crippen LogP contribution in [0.4, 0.5) is 0 Å². The summed E-state index contributed by atoms with van der Waals surface area (Å²) < 4.78 is 0. The van der Waals surface area contributed by atoms with Gasteiger partial charge in [-0.2, -0.15) is 0 Å². The van der Waals surface area contributed by atoms with Crippen molar-refractivity contribution in [1.82, 2.24) is 9.88 Å². The lowest BCUT2D eigenvalue weighted by Crippen LogP contribution is -2.22. The molecule has 0 aromatic carbocycles. The van der Waals surface area contributed by atoms with E-state index in [4.69, 9.17) is 0 Å². The molecule has 2 rings (SSSR count). The average Bonchev–Trinajstić information content (AvgIpc) is 2.44. The van der Waals surface area contributed by atoms with Crippen molar-refractivity contribution in [3.63, 3.8) is 0 Å². The second-order valence-electron chi connectivity index (χ2n) is 2.85. The zero-order chi connectivity index (χ0) is 8.55. The highest BCUT2D eigenvalue weighted by molar-refractivity contribution is 5.97. The van der Waals surface area contributed by atoms with Crippen LogP contribution in [0.3, 0.4) is 0 Å². The lowest BCUT2D eigenvalue weighted by atomic mass is 10.2. The molecule has 0 aliphatic carbocycles. The molecule has 3 nitrogen and oxygen atoms in total. The first-order valence-electron chi connectivity index (χ1n) is 4.05. The SMILES string of the molecule is CCN1Cc2ccncc2C1=O. The van der Waals surface area contributed by atoms with E-state index in [-0.39, 0.29) is 5.91 Å². The highest BCUT2D eigenvalue weighted by Crippen LogP contribution is 2.20. The summed E-state index contributed by atoms with van der Waals surface area (Å²) in [5.41, 5.74) is 1.86. The topological polar surface area (TPSA) is 33.2 Å². The number of amides is 1. The molecule has 0 atom stereocenters. The number of hydrogen-bond donors (Lipinski definition) is 0. The highest BCUT2D eigenvalue weighted by Gasteiger charge is 2.25. The lowest BCUT2D eigenvalue weighted by Gasteiger charge is -2.10. The monoisotopic (exact) mass is 162 g/mol. The van der Waals surface area contributed by atoms with Crippen LogP contribution in [0.15, 0.2) is 18.5 Å². The second-order valence-corrected chi connectivity index (χ2v) is 2.85. The van der Waals surface area contributed by atoms with Crippen molar-refractivity contribution in [3.05, 3.63) is 29.6 Å². The van der Waals surface area contributed by atoms with Gasteiger partial charge in [0.05, 0.1) is 5.56 Å². The van der Waals surface area contributed by atoms with E-state index in [2.05, 4.69) is 4.98 Å². The van der Waals surface area contributed by atoms with Crippen molar-refractivity contribution in [3.8, 4) is 0 Å². The molecule has 0 unspecified atom stereocenters. The van der Waals surface area contributed by atoms with Crippen molar-refractivity contribution in [1.29, 1.82) is 0 Å². The fourth-order valence-electron chi connectivity index (χ4n) is 1.46. The van der Waals surface area contributed by atoms with Crippen LogP contribution >= 0.6 is 0 Å². The van der Waals surface area contributed by atoms with Crippen LogP contribution in [0.1, 0.15) is 22.8 Å². The summed E-state index contributed by atoms with van der Waals surface area (Å²) in [6, 6.07) is 1.91. The van der Waals surface area contributed by atoms with Crippen molar-refractivity contribution >= 4 is 5.91 Å². The van der Waals surface area contributed by atoms with E-state index >= 15 is 0 Å². The molecule has 62 valence electrons. The average molecular weight is 162 g/mol. The Kier molecular flexibility index (Phi) is 1.57. The van der Waals surface area contributed by atoms with Gasteiger partial charge in [0.1, 0.15) is 0 Å². The molecule has 1 aliphatic rings. The van der Waals surface area contributed by atoms with Gasteiger partial charge in [-0.05, 0) is 18.6 Å². The number of carbonyl (C=O) groups excluding carboxylic acids is 1. The molecule has 0 spiro atoms. The first-order valence-corrected chi connectivity index (χ1v) is 4.05. The van der Waals surface area contributed by atoms with E-state index in [1.807, 2.05) is 17.9 Å². The Morgan fingerprint density at radius 2 is 2.50 bits per heavy atom. The normalized spacial score (nSPS) is 15.1. The maximum absolute atomic E-state index is 11.5. The summed E-state index contributed by atoms with van der Waals surface area (Å²) in [6.07, 6.45) is 3.37. The molecule has 0 fully saturated rings. The first-order chi connectivity index (χ1) is 5.83. The summed E-state index contributed by atoms with van der Waals surface area (Å²) in [4.78, 5) is 17.3. The number of carbonyl (C=O) groups is 1. The molecule has 1 aliphatic heterocycles. The minimum absolute atomic E-state index is 0.112. The number of hydrogen-bond acceptors (Lipinski definition) is 2. The van der Waals surface area contributed by atoms with E-state index in [0.717, 1.165) is 24.2 Å². The van der Waals surface area contributed by atoms with Crippen LogP contribution in [-0.4, -0.2) is 22.3 Å². The standard InChI is InChI=1S/C9H10N2O/c1-2-11-6-7-3-4-10-5-8(7)9(11)12/h3-5H,2,6H2,1H3. The number of pyridine rings is 1. The molecule has 0 radical (unpaired) electrons. The summed E-state index contributed by atoms with van der Waals surface area (Å²) in [5, 5.41) is 0. The Bertz CT molecular complexity index is 322. The fourth-order valence-corrected chi connectivity index (χ4v) is 1.46. The first kappa shape index (κ1) is 7.28. The highest BCUT2D eigenvalue weighted by atomic mass is 16.2. The Morgan fingerprint density at radius 3 is 3.17 bits per heavy atom. The van der Waals surface area contributed by atoms with E-state index in [1.165, 1.54) is 0 Å². The largest absolute Gasteiger partial charge is 0.335 e. The minimum atomic E-state index is 0.112. The van der Waals surface area contributed by atoms with Gasteiger partial charge in [-0.3, -0.25) is 9.78 Å². The van der Waals surface area contributed by atoms with Gasteiger partial charge in [-0.25, -0.2) is 0 Å². The third-order valence-corrected chi connectivity index (χ3v) is 2.17. The lowest BCUT2D eigenvalue weighted by molar-refractivity contribution is 0.0787. The smallest absolute Gasteiger partial charge is 0.256 e. The Balaban J connectivity index is 2.42. The third-order valence-electron chi connectivity index (χ3n) is 2.17. The van der Waals surface area contributed by atoms with Gasteiger partial charge in [0, 0.05) is 25.5 Å². The van der Waals surface area contributed by atoms with E-state index < -0.39 is 0 Å². The molecule has 1 aromatic rings. The summed E-state index contributed by atoms with van der Waals surface area (Å²) in [5.74, 6) is 0.112. The van der Waals surface area contributed by atoms with Gasteiger partial charge in [-0.15, -0.1) is 0 Å². The molecule has 3 heteroatoms. The molecule has 1 amide bonds. The van der Waals surface area contributed by atoms with Gasteiger partial charge >= 0.3 is 0 Å². The minimum Gasteiger partial charge on any atom is -0.335 e. The third kappa shape index (κ3) is 0.897. The van der Waals surface area contributed by atoms with E-state index in [0.29, 0.717) is 0 Å². The molecule has 0 saturated carbocycles. The second kappa shape index (κ2) is 2.59. The zero-order valence-electron chi connectivity index (χ0n) is 6.95. The Morgan fingerprint density at radius 1 is 1.67 bits per heavy atom. The van der Waals surface area contributed by atoms with E-state index in [1.54, 1.807) is 12.4 Å². The molecule has 1 aromatic heterocycles. The fraction of sp³-hybridized carbons (Fsp3) is 0.333. The van der Waals surface area contributed by atoms with Gasteiger partial charge in [0.15, 0.2) is 0 Å². The molecule has 0 bridgehead atoms. The predicted octanol–water partition coefficient (Wildman–Crippen LogP) is 1.06. The van der Waals surface area contributed by atoms with Crippen LogP contribution in [0.5, 0.6) is 0 Å². The zero-order valence-corrected chi connectivity index (χ0v) is 6.95. The number of rotatable bonds is 1. The van der Waals surface area contributed by atoms with Gasteiger partial charge in [0.2, 0.25) is 0 Å². The van der Waals surface area contributed by atoms with Crippen LogP contribution in [0, 0.1) is 0 Å². The van der Waals surface area contributed by atoms with Crippen molar-refractivity contribution in [2.45, 2.75) is 13.5 Å². The predicted molar refractivity (Wildman–Crippen MR) is 44.7 cm³/mol. The maximum atomic E-state index is 11.5. The van der Waals surface area contributed by atoms with Crippen LogP contribution in [0.25, 0.3) is 0 Å². The molecule has 0 N–H and O–H groups in total. The number of fused-ring (bicyclic) bond motifs is 1. The molecule has 12 heavy (non-hydrogen) atoms. The van der Waals surface area contributed by atoms with Crippen molar-refractivity contribution in [2.75, 3.05) is 6.54 Å².